The van der Waals surface area contributed by atoms with Crippen LogP contribution in [0.1, 0.15) is 5.56 Å². The molecule has 1 atom stereocenters. The molecule has 1 rings (SSSR count). The maximum Gasteiger partial charge on any atom is 0.220 e. The first kappa shape index (κ1) is 8.51. The highest BCUT2D eigenvalue weighted by Crippen LogP contribution is 2.20. The van der Waals surface area contributed by atoms with Gasteiger partial charge in [-0.05, 0) is 18.6 Å². The highest BCUT2D eigenvalue weighted by molar-refractivity contribution is 7.48. The molecular weight excluding hydrogens is 159 g/mol. The number of benzene rings is 1. The molecule has 0 aromatic heterocycles. The Morgan fingerprint density at radius 1 is 1.36 bits per heavy atom. The van der Waals surface area contributed by atoms with E-state index in [9.17, 15) is 4.57 Å². The van der Waals surface area contributed by atoms with Crippen molar-refractivity contribution < 1.29 is 9.09 Å². The summed E-state index contributed by atoms with van der Waals surface area (Å²) in [4.78, 5) is 0. The summed E-state index contributed by atoms with van der Waals surface area (Å²) in [6.07, 6.45) is 0. The number of aryl methyl sites for hydroxylation is 1. The predicted molar refractivity (Wildman–Crippen MR) is 46.8 cm³/mol. The van der Waals surface area contributed by atoms with E-state index in [1.165, 1.54) is 7.11 Å². The molecule has 0 amide bonds. The van der Waals surface area contributed by atoms with Crippen LogP contribution in [0.4, 0.5) is 0 Å². The molecule has 1 unspecified atom stereocenters. The lowest BCUT2D eigenvalue weighted by molar-refractivity contribution is 0.423. The minimum absolute atomic E-state index is 0.819. The molecule has 0 bridgehead atoms. The normalized spacial score (nSPS) is 12.9. The SMILES string of the molecule is CO[PH](=O)c1ccccc1C. The van der Waals surface area contributed by atoms with Crippen LogP contribution >= 0.6 is 8.03 Å². The van der Waals surface area contributed by atoms with E-state index < -0.39 is 8.03 Å². The van der Waals surface area contributed by atoms with Gasteiger partial charge in [0.15, 0.2) is 0 Å². The molecule has 0 fully saturated rings. The maximum atomic E-state index is 11.2. The van der Waals surface area contributed by atoms with Crippen molar-refractivity contribution in [2.24, 2.45) is 0 Å². The molecule has 0 spiro atoms. The van der Waals surface area contributed by atoms with Crippen LogP contribution in [-0.2, 0) is 9.09 Å². The van der Waals surface area contributed by atoms with Gasteiger partial charge < -0.3 is 4.52 Å². The van der Waals surface area contributed by atoms with Gasteiger partial charge in [-0.3, -0.25) is 4.57 Å². The summed E-state index contributed by atoms with van der Waals surface area (Å²) in [5.41, 5.74) is 1.03. The molecule has 11 heavy (non-hydrogen) atoms. The van der Waals surface area contributed by atoms with Gasteiger partial charge in [-0.2, -0.15) is 0 Å². The van der Waals surface area contributed by atoms with E-state index in [2.05, 4.69) is 0 Å². The van der Waals surface area contributed by atoms with Crippen molar-refractivity contribution in [3.63, 3.8) is 0 Å². The molecule has 0 N–H and O–H groups in total. The third-order valence-electron chi connectivity index (χ3n) is 1.55. The average molecular weight is 170 g/mol. The molecule has 1 aromatic carbocycles. The summed E-state index contributed by atoms with van der Waals surface area (Å²) < 4.78 is 16.0. The fraction of sp³-hybridized carbons (Fsp3) is 0.250. The van der Waals surface area contributed by atoms with E-state index in [4.69, 9.17) is 4.52 Å². The summed E-state index contributed by atoms with van der Waals surface area (Å²) in [6.45, 7) is 1.93. The van der Waals surface area contributed by atoms with Crippen LogP contribution in [0.3, 0.4) is 0 Å². The fourth-order valence-electron chi connectivity index (χ4n) is 0.912. The second kappa shape index (κ2) is 3.70. The van der Waals surface area contributed by atoms with Gasteiger partial charge in [0, 0.05) is 12.4 Å². The average Bonchev–Trinajstić information content (AvgIpc) is 2.04. The molecule has 0 aliphatic rings. The third kappa shape index (κ3) is 1.92. The molecular formula is C8H11O2P. The fourth-order valence-corrected chi connectivity index (χ4v) is 1.77. The Bertz CT molecular complexity index is 271. The number of hydrogen-bond acceptors (Lipinski definition) is 2. The zero-order valence-corrected chi connectivity index (χ0v) is 7.63. The minimum atomic E-state index is -1.99. The van der Waals surface area contributed by atoms with Crippen molar-refractivity contribution in [3.05, 3.63) is 29.8 Å². The van der Waals surface area contributed by atoms with Crippen LogP contribution in [0.2, 0.25) is 0 Å². The van der Waals surface area contributed by atoms with Crippen molar-refractivity contribution in [1.29, 1.82) is 0 Å². The van der Waals surface area contributed by atoms with Crippen LogP contribution in [0, 0.1) is 6.92 Å². The largest absolute Gasteiger partial charge is 0.331 e. The molecule has 0 saturated heterocycles. The van der Waals surface area contributed by atoms with Crippen LogP contribution < -0.4 is 5.30 Å². The van der Waals surface area contributed by atoms with Crippen molar-refractivity contribution in [2.45, 2.75) is 6.92 Å². The lowest BCUT2D eigenvalue weighted by atomic mass is 10.2. The standard InChI is InChI=1S/C8H11O2P/c1-7-5-3-4-6-8(7)11(9)10-2/h3-6,11H,1-2H3. The van der Waals surface area contributed by atoms with Crippen LogP contribution in [0.5, 0.6) is 0 Å². The quantitative estimate of drug-likeness (QED) is 0.632. The molecule has 0 aliphatic heterocycles. The van der Waals surface area contributed by atoms with Gasteiger partial charge in [0.2, 0.25) is 8.03 Å². The lowest BCUT2D eigenvalue weighted by Crippen LogP contribution is -2.00. The van der Waals surface area contributed by atoms with Gasteiger partial charge in [-0.25, -0.2) is 0 Å². The van der Waals surface area contributed by atoms with Crippen molar-refractivity contribution >= 4 is 13.3 Å². The van der Waals surface area contributed by atoms with Crippen LogP contribution in [0.25, 0.3) is 0 Å². The molecule has 0 aliphatic carbocycles. The van der Waals surface area contributed by atoms with Crippen molar-refractivity contribution in [2.75, 3.05) is 7.11 Å². The third-order valence-corrected chi connectivity index (χ3v) is 2.92. The van der Waals surface area contributed by atoms with E-state index in [1.54, 1.807) is 0 Å². The molecule has 2 nitrogen and oxygen atoms in total. The highest BCUT2D eigenvalue weighted by atomic mass is 31.1. The molecule has 1 aromatic rings. The molecule has 60 valence electrons. The summed E-state index contributed by atoms with van der Waals surface area (Å²) in [7, 11) is -0.521. The molecule has 0 radical (unpaired) electrons. The van der Waals surface area contributed by atoms with Crippen molar-refractivity contribution in [1.82, 2.24) is 0 Å². The van der Waals surface area contributed by atoms with E-state index in [0.717, 1.165) is 10.9 Å². The van der Waals surface area contributed by atoms with Gasteiger partial charge in [-0.15, -0.1) is 0 Å². The van der Waals surface area contributed by atoms with E-state index >= 15 is 0 Å². The van der Waals surface area contributed by atoms with Gasteiger partial charge >= 0.3 is 0 Å². The van der Waals surface area contributed by atoms with E-state index in [-0.39, 0.29) is 0 Å². The van der Waals surface area contributed by atoms with Gasteiger partial charge in [-0.1, -0.05) is 18.2 Å². The van der Waals surface area contributed by atoms with Gasteiger partial charge in [0.05, 0.1) is 0 Å². The first-order valence-electron chi connectivity index (χ1n) is 3.39. The topological polar surface area (TPSA) is 26.3 Å². The summed E-state index contributed by atoms with van der Waals surface area (Å²) >= 11 is 0. The van der Waals surface area contributed by atoms with Crippen LogP contribution in [-0.4, -0.2) is 7.11 Å². The second-order valence-corrected chi connectivity index (χ2v) is 3.83. The van der Waals surface area contributed by atoms with Crippen LogP contribution in [0.15, 0.2) is 24.3 Å². The zero-order chi connectivity index (χ0) is 8.27. The van der Waals surface area contributed by atoms with E-state index in [0.29, 0.717) is 0 Å². The summed E-state index contributed by atoms with van der Waals surface area (Å²) in [6, 6.07) is 7.55. The minimum Gasteiger partial charge on any atom is -0.331 e. The smallest absolute Gasteiger partial charge is 0.220 e. The van der Waals surface area contributed by atoms with Gasteiger partial charge in [0.25, 0.3) is 0 Å². The zero-order valence-electron chi connectivity index (χ0n) is 6.63. The number of rotatable bonds is 2. The second-order valence-electron chi connectivity index (χ2n) is 2.31. The molecule has 0 saturated carbocycles. The molecule has 3 heteroatoms. The van der Waals surface area contributed by atoms with Crippen molar-refractivity contribution in [3.8, 4) is 0 Å². The lowest BCUT2D eigenvalue weighted by Gasteiger charge is -2.02. The Balaban J connectivity index is 3.03. The predicted octanol–water partition coefficient (Wildman–Crippen LogP) is 1.74. The Labute approximate surface area is 67.1 Å². The summed E-state index contributed by atoms with van der Waals surface area (Å²) in [5, 5.41) is 0.819. The Morgan fingerprint density at radius 2 is 2.00 bits per heavy atom. The Kier molecular flexibility index (Phi) is 2.86. The molecule has 0 heterocycles. The highest BCUT2D eigenvalue weighted by Gasteiger charge is 2.02. The number of hydrogen-bond donors (Lipinski definition) is 0. The first-order valence-corrected chi connectivity index (χ1v) is 4.71. The van der Waals surface area contributed by atoms with Gasteiger partial charge in [0.1, 0.15) is 0 Å². The summed E-state index contributed by atoms with van der Waals surface area (Å²) in [5.74, 6) is 0. The monoisotopic (exact) mass is 170 g/mol. The first-order chi connectivity index (χ1) is 5.25. The Hall–Kier alpha value is -0.590. The Morgan fingerprint density at radius 3 is 2.55 bits per heavy atom. The maximum absolute atomic E-state index is 11.2. The van der Waals surface area contributed by atoms with E-state index in [1.807, 2.05) is 31.2 Å².